The third kappa shape index (κ3) is 4.86. The Kier molecular flexibility index (Phi) is 6.72. The van der Waals surface area contributed by atoms with Gasteiger partial charge in [0.1, 0.15) is 42.2 Å². The summed E-state index contributed by atoms with van der Waals surface area (Å²) in [6.07, 6.45) is 3.04. The number of nitrogens with zero attached hydrogens (tertiary/aromatic N) is 2. The van der Waals surface area contributed by atoms with Crippen LogP contribution in [0.4, 0.5) is 15.9 Å². The maximum absolute atomic E-state index is 13.5. The number of ether oxygens (including phenoxy) is 3. The molecule has 2 heterocycles. The molecule has 0 saturated carbocycles. The summed E-state index contributed by atoms with van der Waals surface area (Å²) in [6.45, 7) is 1.68. The molecule has 1 aliphatic rings. The third-order valence-corrected chi connectivity index (χ3v) is 5.11. The highest BCUT2D eigenvalue weighted by Gasteiger charge is 2.20. The lowest BCUT2D eigenvalue weighted by Gasteiger charge is -2.24. The molecule has 158 valence electrons. The van der Waals surface area contributed by atoms with E-state index in [1.54, 1.807) is 6.07 Å². The van der Waals surface area contributed by atoms with Crippen LogP contribution in [0.5, 0.6) is 11.5 Å². The van der Waals surface area contributed by atoms with E-state index in [-0.39, 0.29) is 11.1 Å². The number of benzene rings is 2. The predicted octanol–water partition coefficient (Wildman–Crippen LogP) is 5.34. The minimum absolute atomic E-state index is 0.0125. The average molecular weight is 452 g/mol. The molecular formula is C21H20Cl2FN3O3. The minimum atomic E-state index is -0.487. The van der Waals surface area contributed by atoms with E-state index in [4.69, 9.17) is 37.4 Å². The van der Waals surface area contributed by atoms with E-state index in [2.05, 4.69) is 15.3 Å². The number of halogens is 3. The van der Waals surface area contributed by atoms with Crippen LogP contribution in [0.3, 0.4) is 0 Å². The fourth-order valence-electron chi connectivity index (χ4n) is 3.24. The van der Waals surface area contributed by atoms with Crippen LogP contribution in [0.1, 0.15) is 12.8 Å². The number of fused-ring (bicyclic) bond motifs is 1. The standard InChI is InChI=1S/C21H20Cl2FN3O3/c22-5-8-29-15-10-18-20(19(11-15)30-14-3-6-28-7-4-14)21(26-12-25-18)27-13-1-2-17(24)16(23)9-13/h1-2,9-12,14H,3-8H2,(H,25,26,27). The molecule has 0 atom stereocenters. The lowest BCUT2D eigenvalue weighted by Crippen LogP contribution is -2.26. The molecule has 1 saturated heterocycles. The Labute approximate surface area is 183 Å². The second kappa shape index (κ2) is 9.64. The predicted molar refractivity (Wildman–Crippen MR) is 115 cm³/mol. The fourth-order valence-corrected chi connectivity index (χ4v) is 3.50. The minimum Gasteiger partial charge on any atom is -0.492 e. The molecule has 30 heavy (non-hydrogen) atoms. The Balaban J connectivity index is 1.74. The van der Waals surface area contributed by atoms with E-state index in [9.17, 15) is 4.39 Å². The van der Waals surface area contributed by atoms with Crippen molar-refractivity contribution < 1.29 is 18.6 Å². The van der Waals surface area contributed by atoms with Crippen molar-refractivity contribution >= 4 is 45.6 Å². The van der Waals surface area contributed by atoms with Crippen molar-refractivity contribution in [1.82, 2.24) is 9.97 Å². The third-order valence-electron chi connectivity index (χ3n) is 4.67. The highest BCUT2D eigenvalue weighted by atomic mass is 35.5. The molecule has 0 aliphatic carbocycles. The fraction of sp³-hybridized carbons (Fsp3) is 0.333. The lowest BCUT2D eigenvalue weighted by atomic mass is 10.1. The quantitative estimate of drug-likeness (QED) is 0.488. The number of nitrogens with one attached hydrogen (secondary N) is 1. The highest BCUT2D eigenvalue weighted by Crippen LogP contribution is 2.37. The lowest BCUT2D eigenvalue weighted by molar-refractivity contribution is 0.0261. The zero-order valence-electron chi connectivity index (χ0n) is 16.0. The average Bonchev–Trinajstić information content (AvgIpc) is 2.75. The molecule has 1 N–H and O–H groups in total. The second-order valence-electron chi connectivity index (χ2n) is 6.76. The molecule has 3 aromatic rings. The van der Waals surface area contributed by atoms with Gasteiger partial charge in [-0.25, -0.2) is 14.4 Å². The van der Waals surface area contributed by atoms with Crippen molar-refractivity contribution in [3.05, 3.63) is 47.5 Å². The van der Waals surface area contributed by atoms with Gasteiger partial charge in [-0.1, -0.05) is 11.6 Å². The molecule has 0 bridgehead atoms. The summed E-state index contributed by atoms with van der Waals surface area (Å²) >= 11 is 11.7. The van der Waals surface area contributed by atoms with E-state index in [1.165, 1.54) is 18.5 Å². The van der Waals surface area contributed by atoms with Gasteiger partial charge in [0.25, 0.3) is 0 Å². The van der Waals surface area contributed by atoms with Crippen LogP contribution >= 0.6 is 23.2 Å². The molecule has 9 heteroatoms. The number of rotatable bonds is 7. The van der Waals surface area contributed by atoms with Gasteiger partial charge in [0.15, 0.2) is 0 Å². The van der Waals surface area contributed by atoms with Crippen LogP contribution in [-0.2, 0) is 4.74 Å². The van der Waals surface area contributed by atoms with Crippen molar-refractivity contribution in [2.24, 2.45) is 0 Å². The van der Waals surface area contributed by atoms with Gasteiger partial charge in [-0.15, -0.1) is 11.6 Å². The second-order valence-corrected chi connectivity index (χ2v) is 7.54. The Morgan fingerprint density at radius 3 is 2.77 bits per heavy atom. The van der Waals surface area contributed by atoms with Gasteiger partial charge >= 0.3 is 0 Å². The van der Waals surface area contributed by atoms with Crippen molar-refractivity contribution in [2.75, 3.05) is 31.0 Å². The Hall–Kier alpha value is -2.35. The molecule has 4 rings (SSSR count). The molecule has 0 amide bonds. The molecule has 1 fully saturated rings. The number of anilines is 2. The van der Waals surface area contributed by atoms with Crippen LogP contribution < -0.4 is 14.8 Å². The molecule has 0 radical (unpaired) electrons. The van der Waals surface area contributed by atoms with E-state index < -0.39 is 5.82 Å². The van der Waals surface area contributed by atoms with Crippen molar-refractivity contribution in [3.8, 4) is 11.5 Å². The Bertz CT molecular complexity index is 1030. The van der Waals surface area contributed by atoms with Gasteiger partial charge < -0.3 is 19.5 Å². The van der Waals surface area contributed by atoms with Gasteiger partial charge in [0, 0.05) is 30.7 Å². The Morgan fingerprint density at radius 1 is 1.17 bits per heavy atom. The van der Waals surface area contributed by atoms with Crippen molar-refractivity contribution in [1.29, 1.82) is 0 Å². The van der Waals surface area contributed by atoms with E-state index in [1.807, 2.05) is 12.1 Å². The summed E-state index contributed by atoms with van der Waals surface area (Å²) in [5.74, 6) is 1.61. The van der Waals surface area contributed by atoms with Crippen LogP contribution in [0.15, 0.2) is 36.7 Å². The number of hydrogen-bond donors (Lipinski definition) is 1. The molecule has 0 spiro atoms. The maximum Gasteiger partial charge on any atom is 0.145 e. The zero-order chi connectivity index (χ0) is 20.9. The van der Waals surface area contributed by atoms with E-state index in [0.29, 0.717) is 59.6 Å². The maximum atomic E-state index is 13.5. The summed E-state index contributed by atoms with van der Waals surface area (Å²) in [4.78, 5) is 8.76. The number of aromatic nitrogens is 2. The first kappa shape index (κ1) is 20.9. The smallest absolute Gasteiger partial charge is 0.145 e. The van der Waals surface area contributed by atoms with E-state index >= 15 is 0 Å². The van der Waals surface area contributed by atoms with E-state index in [0.717, 1.165) is 12.8 Å². The molecule has 0 unspecified atom stereocenters. The molecule has 1 aromatic heterocycles. The van der Waals surface area contributed by atoms with Gasteiger partial charge in [-0.2, -0.15) is 0 Å². The summed E-state index contributed by atoms with van der Waals surface area (Å²) in [5, 5.41) is 3.91. The van der Waals surface area contributed by atoms with Crippen LogP contribution in [-0.4, -0.2) is 41.8 Å². The first-order valence-electron chi connectivity index (χ1n) is 9.58. The first-order valence-corrected chi connectivity index (χ1v) is 10.5. The van der Waals surface area contributed by atoms with Crippen LogP contribution in [0, 0.1) is 5.82 Å². The zero-order valence-corrected chi connectivity index (χ0v) is 17.5. The normalized spacial score (nSPS) is 14.6. The summed E-state index contributed by atoms with van der Waals surface area (Å²) in [7, 11) is 0. The topological polar surface area (TPSA) is 65.5 Å². The van der Waals surface area contributed by atoms with Gasteiger partial charge in [-0.3, -0.25) is 0 Å². The molecular weight excluding hydrogens is 432 g/mol. The van der Waals surface area contributed by atoms with Gasteiger partial charge in [0.2, 0.25) is 0 Å². The number of hydrogen-bond acceptors (Lipinski definition) is 6. The van der Waals surface area contributed by atoms with Gasteiger partial charge in [-0.05, 0) is 18.2 Å². The van der Waals surface area contributed by atoms with Crippen molar-refractivity contribution in [3.63, 3.8) is 0 Å². The van der Waals surface area contributed by atoms with Crippen LogP contribution in [0.25, 0.3) is 10.9 Å². The summed E-state index contributed by atoms with van der Waals surface area (Å²) in [5.41, 5.74) is 1.25. The number of alkyl halides is 1. The molecule has 6 nitrogen and oxygen atoms in total. The van der Waals surface area contributed by atoms with Crippen molar-refractivity contribution in [2.45, 2.75) is 18.9 Å². The highest BCUT2D eigenvalue weighted by molar-refractivity contribution is 6.31. The van der Waals surface area contributed by atoms with Gasteiger partial charge in [0.05, 0.1) is 35.0 Å². The van der Waals surface area contributed by atoms with Crippen LogP contribution in [0.2, 0.25) is 5.02 Å². The SMILES string of the molecule is Fc1ccc(Nc2ncnc3cc(OCCCl)cc(OC4CCOCC4)c23)cc1Cl. The summed E-state index contributed by atoms with van der Waals surface area (Å²) in [6, 6.07) is 8.01. The summed E-state index contributed by atoms with van der Waals surface area (Å²) < 4.78 is 31.0. The Morgan fingerprint density at radius 2 is 2.00 bits per heavy atom. The molecule has 1 aliphatic heterocycles. The largest absolute Gasteiger partial charge is 0.492 e. The molecule has 2 aromatic carbocycles. The first-order chi connectivity index (χ1) is 14.6. The monoisotopic (exact) mass is 451 g/mol.